The molecule has 2 aromatic carbocycles. The van der Waals surface area contributed by atoms with E-state index >= 15 is 0 Å². The topological polar surface area (TPSA) is 101 Å². The average molecular weight is 592 g/mol. The molecule has 0 radical (unpaired) electrons. The van der Waals surface area contributed by atoms with E-state index in [1.165, 1.54) is 4.68 Å². The first-order chi connectivity index (χ1) is 19.6. The van der Waals surface area contributed by atoms with Gasteiger partial charge in [-0.2, -0.15) is 9.78 Å². The van der Waals surface area contributed by atoms with Gasteiger partial charge in [0.05, 0.1) is 49.0 Å². The predicted octanol–water partition coefficient (Wildman–Crippen LogP) is 7.41. The molecule has 0 saturated carbocycles. The standard InChI is InChI=1S/C31H41N5O5Si/c1-30(2,3)41-29(37)36-19-21(17-33-36)28-18-32-26-12-11-22(15-27(26)34-28)35(20-40-42(9,10)31(4,5)6)23-13-24(38-7)16-25(14-23)39-8/h11-19H,20H2,1-10H3. The van der Waals surface area contributed by atoms with Crippen molar-refractivity contribution in [3.05, 3.63) is 55.0 Å². The van der Waals surface area contributed by atoms with Gasteiger partial charge < -0.3 is 23.5 Å². The lowest BCUT2D eigenvalue weighted by molar-refractivity contribution is 0.0514. The van der Waals surface area contributed by atoms with Gasteiger partial charge in [-0.1, -0.05) is 20.8 Å². The number of rotatable bonds is 8. The van der Waals surface area contributed by atoms with Crippen molar-refractivity contribution >= 4 is 36.8 Å². The number of aromatic nitrogens is 4. The van der Waals surface area contributed by atoms with Gasteiger partial charge in [0.2, 0.25) is 0 Å². The van der Waals surface area contributed by atoms with Crippen molar-refractivity contribution in [2.75, 3.05) is 25.9 Å². The van der Waals surface area contributed by atoms with Crippen LogP contribution in [-0.4, -0.2) is 60.7 Å². The van der Waals surface area contributed by atoms with E-state index in [2.05, 4.69) is 48.8 Å². The number of hydrogen-bond donors (Lipinski definition) is 0. The number of anilines is 2. The maximum absolute atomic E-state index is 12.5. The SMILES string of the molecule is COc1cc(OC)cc(N(CO[Si](C)(C)C(C)(C)C)c2ccc3ncc(-c4cnn(C(=O)OC(C)(C)C)c4)nc3c2)c1. The Morgan fingerprint density at radius 2 is 1.57 bits per heavy atom. The van der Waals surface area contributed by atoms with E-state index in [1.54, 1.807) is 32.8 Å². The molecular weight excluding hydrogens is 550 g/mol. The quantitative estimate of drug-likeness (QED) is 0.153. The predicted molar refractivity (Wildman–Crippen MR) is 167 cm³/mol. The summed E-state index contributed by atoms with van der Waals surface area (Å²) in [5.41, 5.74) is 3.74. The van der Waals surface area contributed by atoms with Crippen LogP contribution in [0.2, 0.25) is 18.1 Å². The second-order valence-electron chi connectivity index (χ2n) is 12.6. The highest BCUT2D eigenvalue weighted by atomic mass is 28.4. The molecule has 0 amide bonds. The minimum Gasteiger partial charge on any atom is -0.497 e. The highest BCUT2D eigenvalue weighted by Crippen LogP contribution is 2.39. The Morgan fingerprint density at radius 3 is 2.17 bits per heavy atom. The molecule has 4 aromatic rings. The number of fused-ring (bicyclic) bond motifs is 1. The first kappa shape index (κ1) is 31.0. The van der Waals surface area contributed by atoms with Gasteiger partial charge in [-0.3, -0.25) is 4.98 Å². The second-order valence-corrected chi connectivity index (χ2v) is 17.4. The number of nitrogens with zero attached hydrogens (tertiary/aromatic N) is 5. The van der Waals surface area contributed by atoms with Gasteiger partial charge in [0, 0.05) is 35.6 Å². The molecule has 0 bridgehead atoms. The summed E-state index contributed by atoms with van der Waals surface area (Å²) in [5, 5.41) is 4.21. The third-order valence-electron chi connectivity index (χ3n) is 7.30. The first-order valence-corrected chi connectivity index (χ1v) is 16.7. The van der Waals surface area contributed by atoms with Crippen LogP contribution >= 0.6 is 0 Å². The van der Waals surface area contributed by atoms with Crippen molar-refractivity contribution in [3.8, 4) is 22.8 Å². The summed E-state index contributed by atoms with van der Waals surface area (Å²) in [6, 6.07) is 11.7. The summed E-state index contributed by atoms with van der Waals surface area (Å²) >= 11 is 0. The van der Waals surface area contributed by atoms with Gasteiger partial charge in [-0.05, 0) is 57.1 Å². The minimum atomic E-state index is -2.09. The van der Waals surface area contributed by atoms with Crippen LogP contribution < -0.4 is 14.4 Å². The number of hydrogen-bond acceptors (Lipinski definition) is 9. The summed E-state index contributed by atoms with van der Waals surface area (Å²) < 4.78 is 24.4. The van der Waals surface area contributed by atoms with Crippen molar-refractivity contribution in [1.82, 2.24) is 19.7 Å². The molecule has 0 atom stereocenters. The van der Waals surface area contributed by atoms with Crippen LogP contribution in [0.15, 0.2) is 55.0 Å². The largest absolute Gasteiger partial charge is 0.497 e. The fourth-order valence-electron chi connectivity index (χ4n) is 3.86. The lowest BCUT2D eigenvalue weighted by Gasteiger charge is -2.38. The molecule has 0 aliphatic carbocycles. The lowest BCUT2D eigenvalue weighted by Crippen LogP contribution is -2.43. The Kier molecular flexibility index (Phi) is 8.65. The van der Waals surface area contributed by atoms with Gasteiger partial charge in [-0.25, -0.2) is 9.78 Å². The maximum Gasteiger partial charge on any atom is 0.435 e. The summed E-state index contributed by atoms with van der Waals surface area (Å²) in [5.74, 6) is 1.35. The normalized spacial score (nSPS) is 12.3. The molecule has 2 aromatic heterocycles. The Balaban J connectivity index is 1.74. The summed E-state index contributed by atoms with van der Waals surface area (Å²) in [4.78, 5) is 24.0. The molecular formula is C31H41N5O5Si. The lowest BCUT2D eigenvalue weighted by atomic mass is 10.2. The van der Waals surface area contributed by atoms with Crippen molar-refractivity contribution < 1.29 is 23.4 Å². The number of ether oxygens (including phenoxy) is 3. The Hall–Kier alpha value is -3.96. The molecule has 4 rings (SSSR count). The van der Waals surface area contributed by atoms with E-state index in [0.717, 1.165) is 16.9 Å². The third-order valence-corrected chi connectivity index (χ3v) is 11.8. The van der Waals surface area contributed by atoms with E-state index in [0.29, 0.717) is 35.0 Å². The molecule has 0 N–H and O–H groups in total. The molecule has 2 heterocycles. The van der Waals surface area contributed by atoms with Crippen LogP contribution in [0.3, 0.4) is 0 Å². The van der Waals surface area contributed by atoms with Crippen LogP contribution in [0.25, 0.3) is 22.3 Å². The molecule has 0 aliphatic rings. The Morgan fingerprint density at radius 1 is 0.905 bits per heavy atom. The van der Waals surface area contributed by atoms with Gasteiger partial charge in [0.25, 0.3) is 0 Å². The molecule has 0 aliphatic heterocycles. The molecule has 0 unspecified atom stereocenters. The van der Waals surface area contributed by atoms with Crippen LogP contribution in [-0.2, 0) is 9.16 Å². The smallest absolute Gasteiger partial charge is 0.435 e. The molecule has 10 nitrogen and oxygen atoms in total. The molecule has 42 heavy (non-hydrogen) atoms. The van der Waals surface area contributed by atoms with Crippen LogP contribution in [0.1, 0.15) is 41.5 Å². The monoisotopic (exact) mass is 591 g/mol. The number of carbonyl (C=O) groups excluding carboxylic acids is 1. The van der Waals surface area contributed by atoms with Gasteiger partial charge in [0.1, 0.15) is 23.8 Å². The summed E-state index contributed by atoms with van der Waals surface area (Å²) in [7, 11) is 1.18. The summed E-state index contributed by atoms with van der Waals surface area (Å²) in [6.45, 7) is 16.9. The molecule has 0 saturated heterocycles. The van der Waals surface area contributed by atoms with E-state index in [1.807, 2.05) is 57.2 Å². The highest BCUT2D eigenvalue weighted by molar-refractivity contribution is 6.74. The van der Waals surface area contributed by atoms with Crippen molar-refractivity contribution in [1.29, 1.82) is 0 Å². The van der Waals surface area contributed by atoms with Crippen LogP contribution in [0.4, 0.5) is 16.2 Å². The average Bonchev–Trinajstić information content (AvgIpc) is 3.42. The summed E-state index contributed by atoms with van der Waals surface area (Å²) in [6.07, 6.45) is 4.28. The van der Waals surface area contributed by atoms with Gasteiger partial charge >= 0.3 is 6.09 Å². The van der Waals surface area contributed by atoms with Crippen molar-refractivity contribution in [2.45, 2.75) is 65.3 Å². The van der Waals surface area contributed by atoms with Crippen molar-refractivity contribution in [2.24, 2.45) is 0 Å². The molecule has 11 heteroatoms. The Bertz CT molecular complexity index is 1550. The molecule has 0 fully saturated rings. The number of methoxy groups -OCH3 is 2. The zero-order valence-electron chi connectivity index (χ0n) is 26.2. The van der Waals surface area contributed by atoms with E-state index in [-0.39, 0.29) is 5.04 Å². The van der Waals surface area contributed by atoms with Gasteiger partial charge in [-0.15, -0.1) is 0 Å². The van der Waals surface area contributed by atoms with Gasteiger partial charge in [0.15, 0.2) is 8.32 Å². The van der Waals surface area contributed by atoms with E-state index in [9.17, 15) is 4.79 Å². The minimum absolute atomic E-state index is 0.0399. The Labute approximate surface area is 248 Å². The first-order valence-electron chi connectivity index (χ1n) is 13.8. The molecule has 0 spiro atoms. The van der Waals surface area contributed by atoms with E-state index < -0.39 is 20.0 Å². The number of carbonyl (C=O) groups is 1. The number of benzene rings is 2. The zero-order chi connectivity index (χ0) is 30.9. The zero-order valence-corrected chi connectivity index (χ0v) is 27.2. The fraction of sp³-hybridized carbons (Fsp3) is 0.419. The third kappa shape index (κ3) is 7.08. The second kappa shape index (κ2) is 11.7. The van der Waals surface area contributed by atoms with Crippen LogP contribution in [0.5, 0.6) is 11.5 Å². The molecule has 224 valence electrons. The fourth-order valence-corrected chi connectivity index (χ4v) is 4.74. The highest BCUT2D eigenvalue weighted by Gasteiger charge is 2.37. The maximum atomic E-state index is 12.5. The van der Waals surface area contributed by atoms with Crippen molar-refractivity contribution in [3.63, 3.8) is 0 Å². The van der Waals surface area contributed by atoms with E-state index in [4.69, 9.17) is 23.6 Å². The van der Waals surface area contributed by atoms with Crippen LogP contribution in [0, 0.1) is 0 Å².